The second kappa shape index (κ2) is 7.76. The zero-order valence-corrected chi connectivity index (χ0v) is 16.0. The molecule has 1 atom stereocenters. The molecule has 0 spiro atoms. The van der Waals surface area contributed by atoms with Crippen molar-refractivity contribution in [3.8, 4) is 5.75 Å². The summed E-state index contributed by atoms with van der Waals surface area (Å²) in [5, 5.41) is 0. The first-order valence-corrected chi connectivity index (χ1v) is 9.17. The van der Waals surface area contributed by atoms with E-state index in [0.717, 1.165) is 4.90 Å². The Balaban J connectivity index is 1.83. The van der Waals surface area contributed by atoms with Crippen molar-refractivity contribution in [2.75, 3.05) is 0 Å². The van der Waals surface area contributed by atoms with E-state index in [1.807, 2.05) is 0 Å². The van der Waals surface area contributed by atoms with Gasteiger partial charge in [0.05, 0.1) is 11.1 Å². The van der Waals surface area contributed by atoms with Crippen LogP contribution in [0.15, 0.2) is 48.5 Å². The molecular weight excluding hydrogens is 358 g/mol. The number of hydrogen-bond acceptors (Lipinski definition) is 5. The van der Waals surface area contributed by atoms with Crippen molar-refractivity contribution in [2.45, 2.75) is 33.2 Å². The molecule has 6 heteroatoms. The number of hydrogen-bond donors (Lipinski definition) is 0. The minimum atomic E-state index is -1.05. The highest BCUT2D eigenvalue weighted by Crippen LogP contribution is 2.28. The average Bonchev–Trinajstić information content (AvgIpc) is 2.93. The van der Waals surface area contributed by atoms with E-state index < -0.39 is 23.8 Å². The average molecular weight is 379 g/mol. The summed E-state index contributed by atoms with van der Waals surface area (Å²) in [6, 6.07) is 11.7. The molecule has 0 radical (unpaired) electrons. The lowest BCUT2D eigenvalue weighted by atomic mass is 10.0. The molecule has 0 aromatic heterocycles. The van der Waals surface area contributed by atoms with Gasteiger partial charge in [0.2, 0.25) is 0 Å². The van der Waals surface area contributed by atoms with Gasteiger partial charge in [-0.15, -0.1) is 0 Å². The SMILES string of the molecule is CCC(=O)c1ccc(OC(=O)[C@@H](C(C)C)N2C(=O)c3ccccc3C2=O)cc1. The normalized spacial score (nSPS) is 14.2. The Morgan fingerprint density at radius 1 is 0.929 bits per heavy atom. The summed E-state index contributed by atoms with van der Waals surface area (Å²) in [7, 11) is 0. The maximum absolute atomic E-state index is 12.8. The van der Waals surface area contributed by atoms with Crippen LogP contribution in [0.1, 0.15) is 58.3 Å². The number of fused-ring (bicyclic) bond motifs is 1. The van der Waals surface area contributed by atoms with Crippen LogP contribution in [0.25, 0.3) is 0 Å². The summed E-state index contributed by atoms with van der Waals surface area (Å²) in [5.41, 5.74) is 1.10. The van der Waals surface area contributed by atoms with E-state index in [1.165, 1.54) is 12.1 Å². The third-order valence-electron chi connectivity index (χ3n) is 4.69. The molecule has 1 aliphatic rings. The van der Waals surface area contributed by atoms with Gasteiger partial charge in [0.15, 0.2) is 5.78 Å². The van der Waals surface area contributed by atoms with Crippen molar-refractivity contribution in [1.82, 2.24) is 4.90 Å². The number of Topliss-reactive ketones (excluding diaryl/α,β-unsaturated/α-hetero) is 1. The number of carbonyl (C=O) groups excluding carboxylic acids is 4. The molecule has 0 fully saturated rings. The summed E-state index contributed by atoms with van der Waals surface area (Å²) >= 11 is 0. The van der Waals surface area contributed by atoms with Gasteiger partial charge in [0.25, 0.3) is 11.8 Å². The van der Waals surface area contributed by atoms with Crippen LogP contribution in [0.3, 0.4) is 0 Å². The van der Waals surface area contributed by atoms with Crippen molar-refractivity contribution < 1.29 is 23.9 Å². The number of ether oxygens (including phenoxy) is 1. The summed E-state index contributed by atoms with van der Waals surface area (Å²) in [6.45, 7) is 5.27. The van der Waals surface area contributed by atoms with E-state index in [1.54, 1.807) is 57.2 Å². The van der Waals surface area contributed by atoms with E-state index in [4.69, 9.17) is 4.74 Å². The number of rotatable bonds is 6. The number of nitrogens with zero attached hydrogens (tertiary/aromatic N) is 1. The minimum Gasteiger partial charge on any atom is -0.425 e. The predicted octanol–water partition coefficient (Wildman–Crippen LogP) is 3.51. The standard InChI is InChI=1S/C22H21NO5/c1-4-18(24)14-9-11-15(12-10-14)28-22(27)19(13(2)3)23-20(25)16-7-5-6-8-17(16)21(23)26/h5-13,19H,4H2,1-3H3/t19-/m1/s1. The van der Waals surface area contributed by atoms with Crippen molar-refractivity contribution in [3.05, 3.63) is 65.2 Å². The molecule has 2 amide bonds. The zero-order valence-electron chi connectivity index (χ0n) is 16.0. The van der Waals surface area contributed by atoms with Gasteiger partial charge in [-0.1, -0.05) is 32.9 Å². The van der Waals surface area contributed by atoms with Crippen LogP contribution in [0.4, 0.5) is 0 Å². The van der Waals surface area contributed by atoms with Crippen molar-refractivity contribution in [1.29, 1.82) is 0 Å². The molecule has 3 rings (SSSR count). The second-order valence-electron chi connectivity index (χ2n) is 6.94. The van der Waals surface area contributed by atoms with Gasteiger partial charge in [0, 0.05) is 12.0 Å². The fourth-order valence-electron chi connectivity index (χ4n) is 3.23. The van der Waals surface area contributed by atoms with Crippen LogP contribution >= 0.6 is 0 Å². The molecule has 0 unspecified atom stereocenters. The fraction of sp³-hybridized carbons (Fsp3) is 0.273. The van der Waals surface area contributed by atoms with Crippen LogP contribution in [-0.4, -0.2) is 34.5 Å². The molecule has 0 saturated carbocycles. The lowest BCUT2D eigenvalue weighted by molar-refractivity contribution is -0.140. The van der Waals surface area contributed by atoms with Gasteiger partial charge in [-0.25, -0.2) is 4.79 Å². The Labute approximate surface area is 163 Å². The van der Waals surface area contributed by atoms with E-state index in [0.29, 0.717) is 12.0 Å². The maximum atomic E-state index is 12.8. The monoisotopic (exact) mass is 379 g/mol. The Kier molecular flexibility index (Phi) is 5.40. The molecule has 2 aromatic carbocycles. The van der Waals surface area contributed by atoms with Gasteiger partial charge < -0.3 is 4.74 Å². The van der Waals surface area contributed by atoms with Crippen molar-refractivity contribution >= 4 is 23.6 Å². The van der Waals surface area contributed by atoms with E-state index in [2.05, 4.69) is 0 Å². The molecule has 0 aliphatic carbocycles. The molecule has 144 valence electrons. The Bertz CT molecular complexity index is 911. The number of ketones is 1. The minimum absolute atomic E-state index is 0.0102. The van der Waals surface area contributed by atoms with E-state index >= 15 is 0 Å². The predicted molar refractivity (Wildman–Crippen MR) is 102 cm³/mol. The Hall–Kier alpha value is -3.28. The summed E-state index contributed by atoms with van der Waals surface area (Å²) < 4.78 is 5.42. The van der Waals surface area contributed by atoms with Gasteiger partial charge in [-0.3, -0.25) is 19.3 Å². The van der Waals surface area contributed by atoms with Gasteiger partial charge in [-0.05, 0) is 42.3 Å². The van der Waals surface area contributed by atoms with Crippen LogP contribution < -0.4 is 4.74 Å². The fourth-order valence-corrected chi connectivity index (χ4v) is 3.23. The first kappa shape index (κ1) is 19.5. The third kappa shape index (κ3) is 3.45. The van der Waals surface area contributed by atoms with Crippen LogP contribution in [0, 0.1) is 5.92 Å². The highest BCUT2D eigenvalue weighted by Gasteiger charge is 2.44. The zero-order chi connectivity index (χ0) is 20.4. The molecule has 0 saturated heterocycles. The molecule has 1 aliphatic heterocycles. The van der Waals surface area contributed by atoms with Crippen LogP contribution in [-0.2, 0) is 4.79 Å². The maximum Gasteiger partial charge on any atom is 0.335 e. The van der Waals surface area contributed by atoms with Crippen molar-refractivity contribution in [3.63, 3.8) is 0 Å². The number of benzene rings is 2. The lowest BCUT2D eigenvalue weighted by Crippen LogP contribution is -2.49. The first-order valence-electron chi connectivity index (χ1n) is 9.17. The van der Waals surface area contributed by atoms with E-state index in [-0.39, 0.29) is 28.6 Å². The quantitative estimate of drug-likeness (QED) is 0.332. The van der Waals surface area contributed by atoms with E-state index in [9.17, 15) is 19.2 Å². The number of imide groups is 1. The highest BCUT2D eigenvalue weighted by atomic mass is 16.5. The smallest absolute Gasteiger partial charge is 0.335 e. The van der Waals surface area contributed by atoms with Gasteiger partial charge in [0.1, 0.15) is 11.8 Å². The summed E-state index contributed by atoms with van der Waals surface area (Å²) in [5.74, 6) is -1.79. The second-order valence-corrected chi connectivity index (χ2v) is 6.94. The molecule has 6 nitrogen and oxygen atoms in total. The highest BCUT2D eigenvalue weighted by molar-refractivity contribution is 6.22. The summed E-state index contributed by atoms with van der Waals surface area (Å²) in [6.07, 6.45) is 0.383. The molecule has 0 N–H and O–H groups in total. The van der Waals surface area contributed by atoms with Gasteiger partial charge >= 0.3 is 5.97 Å². The van der Waals surface area contributed by atoms with Crippen molar-refractivity contribution in [2.24, 2.45) is 5.92 Å². The molecule has 28 heavy (non-hydrogen) atoms. The third-order valence-corrected chi connectivity index (χ3v) is 4.69. The first-order chi connectivity index (χ1) is 13.3. The van der Waals surface area contributed by atoms with Crippen LogP contribution in [0.5, 0.6) is 5.75 Å². The summed E-state index contributed by atoms with van der Waals surface area (Å²) in [4.78, 5) is 51.0. The topological polar surface area (TPSA) is 80.8 Å². The number of amides is 2. The largest absolute Gasteiger partial charge is 0.425 e. The molecule has 1 heterocycles. The molecule has 0 bridgehead atoms. The molecular formula is C22H21NO5. The van der Waals surface area contributed by atoms with Crippen LogP contribution in [0.2, 0.25) is 0 Å². The lowest BCUT2D eigenvalue weighted by Gasteiger charge is -2.27. The Morgan fingerprint density at radius 2 is 1.46 bits per heavy atom. The van der Waals surface area contributed by atoms with Gasteiger partial charge in [-0.2, -0.15) is 0 Å². The Morgan fingerprint density at radius 3 is 1.93 bits per heavy atom. The number of esters is 1. The molecule has 2 aromatic rings. The number of carbonyl (C=O) groups is 4.